The number of fused-ring (bicyclic) bond motifs is 1. The zero-order chi connectivity index (χ0) is 13.0. The Morgan fingerprint density at radius 3 is 3.17 bits per heavy atom. The molecule has 1 amide bonds. The topological polar surface area (TPSA) is 46.9 Å². The van der Waals surface area contributed by atoms with Crippen molar-refractivity contribution in [3.05, 3.63) is 42.1 Å². The Morgan fingerprint density at radius 2 is 2.39 bits per heavy atom. The van der Waals surface area contributed by atoms with Crippen molar-refractivity contribution in [2.24, 2.45) is 0 Å². The Kier molecular flexibility index (Phi) is 3.99. The van der Waals surface area contributed by atoms with Crippen LogP contribution in [-0.2, 0) is 11.3 Å². The standard InChI is InChI=1S/C13H14ClN3O/c1-2-7-15-13(18)6-8-17-12-5-3-4-11(14)10(12)9-16-17/h2-5,9H,1,6-8H2,(H,15,18). The van der Waals surface area contributed by atoms with Crippen molar-refractivity contribution in [3.8, 4) is 0 Å². The van der Waals surface area contributed by atoms with E-state index in [9.17, 15) is 4.79 Å². The average Bonchev–Trinajstić information content (AvgIpc) is 2.78. The molecule has 0 fully saturated rings. The van der Waals surface area contributed by atoms with Gasteiger partial charge in [-0.3, -0.25) is 9.48 Å². The number of aryl methyl sites for hydroxylation is 1. The highest BCUT2D eigenvalue weighted by Crippen LogP contribution is 2.22. The Balaban J connectivity index is 2.06. The highest BCUT2D eigenvalue weighted by atomic mass is 35.5. The van der Waals surface area contributed by atoms with Crippen molar-refractivity contribution in [3.63, 3.8) is 0 Å². The van der Waals surface area contributed by atoms with Crippen molar-refractivity contribution in [2.75, 3.05) is 6.54 Å². The van der Waals surface area contributed by atoms with E-state index in [2.05, 4.69) is 17.0 Å². The van der Waals surface area contributed by atoms with E-state index in [4.69, 9.17) is 11.6 Å². The summed E-state index contributed by atoms with van der Waals surface area (Å²) in [4.78, 5) is 11.5. The van der Waals surface area contributed by atoms with Gasteiger partial charge in [-0.05, 0) is 12.1 Å². The van der Waals surface area contributed by atoms with Crippen molar-refractivity contribution in [2.45, 2.75) is 13.0 Å². The maximum atomic E-state index is 11.5. The minimum Gasteiger partial charge on any atom is -0.353 e. The summed E-state index contributed by atoms with van der Waals surface area (Å²) in [5.41, 5.74) is 0.944. The molecule has 18 heavy (non-hydrogen) atoms. The van der Waals surface area contributed by atoms with Crippen LogP contribution in [0.1, 0.15) is 6.42 Å². The number of hydrogen-bond acceptors (Lipinski definition) is 2. The molecule has 5 heteroatoms. The van der Waals surface area contributed by atoms with Gasteiger partial charge in [0.05, 0.1) is 23.3 Å². The molecule has 1 N–H and O–H groups in total. The second kappa shape index (κ2) is 5.69. The maximum Gasteiger partial charge on any atom is 0.222 e. The van der Waals surface area contributed by atoms with Crippen LogP contribution in [0, 0.1) is 0 Å². The zero-order valence-electron chi connectivity index (χ0n) is 9.90. The molecule has 0 unspecified atom stereocenters. The predicted molar refractivity (Wildman–Crippen MR) is 72.6 cm³/mol. The molecule has 2 aromatic rings. The van der Waals surface area contributed by atoms with Gasteiger partial charge in [0.25, 0.3) is 0 Å². The molecule has 1 aromatic carbocycles. The summed E-state index contributed by atoms with van der Waals surface area (Å²) in [7, 11) is 0. The van der Waals surface area contributed by atoms with E-state index in [1.807, 2.05) is 18.2 Å². The first-order valence-electron chi connectivity index (χ1n) is 5.70. The van der Waals surface area contributed by atoms with Crippen LogP contribution < -0.4 is 5.32 Å². The Morgan fingerprint density at radius 1 is 1.56 bits per heavy atom. The van der Waals surface area contributed by atoms with Crippen LogP contribution in [0.3, 0.4) is 0 Å². The minimum atomic E-state index is -0.0134. The molecule has 0 saturated heterocycles. The van der Waals surface area contributed by atoms with Gasteiger partial charge in [-0.1, -0.05) is 23.7 Å². The largest absolute Gasteiger partial charge is 0.353 e. The molecule has 2 rings (SSSR count). The van der Waals surface area contributed by atoms with E-state index in [-0.39, 0.29) is 5.91 Å². The Hall–Kier alpha value is -1.81. The smallest absolute Gasteiger partial charge is 0.222 e. The van der Waals surface area contributed by atoms with Crippen LogP contribution in [0.15, 0.2) is 37.1 Å². The van der Waals surface area contributed by atoms with Gasteiger partial charge in [0.15, 0.2) is 0 Å². The number of aromatic nitrogens is 2. The maximum absolute atomic E-state index is 11.5. The summed E-state index contributed by atoms with van der Waals surface area (Å²) in [6.07, 6.45) is 3.76. The van der Waals surface area contributed by atoms with Crippen molar-refractivity contribution >= 4 is 28.4 Å². The molecular weight excluding hydrogens is 250 g/mol. The number of nitrogens with one attached hydrogen (secondary N) is 1. The summed E-state index contributed by atoms with van der Waals surface area (Å²) in [5, 5.41) is 8.55. The molecule has 0 aliphatic rings. The van der Waals surface area contributed by atoms with Crippen molar-refractivity contribution in [1.82, 2.24) is 15.1 Å². The summed E-state index contributed by atoms with van der Waals surface area (Å²) < 4.78 is 1.79. The first kappa shape index (κ1) is 12.6. The van der Waals surface area contributed by atoms with Gasteiger partial charge >= 0.3 is 0 Å². The van der Waals surface area contributed by atoms with E-state index in [1.165, 1.54) is 0 Å². The van der Waals surface area contributed by atoms with Crippen LogP contribution in [-0.4, -0.2) is 22.2 Å². The summed E-state index contributed by atoms with van der Waals surface area (Å²) >= 11 is 6.06. The van der Waals surface area contributed by atoms with Gasteiger partial charge in [-0.2, -0.15) is 5.10 Å². The number of amides is 1. The van der Waals surface area contributed by atoms with E-state index < -0.39 is 0 Å². The number of hydrogen-bond donors (Lipinski definition) is 1. The van der Waals surface area contributed by atoms with Crippen LogP contribution >= 0.6 is 11.6 Å². The van der Waals surface area contributed by atoms with Gasteiger partial charge in [0.2, 0.25) is 5.91 Å². The van der Waals surface area contributed by atoms with Crippen LogP contribution in [0.4, 0.5) is 0 Å². The van der Waals surface area contributed by atoms with Gasteiger partial charge in [0.1, 0.15) is 0 Å². The number of nitrogens with zero attached hydrogens (tertiary/aromatic N) is 2. The lowest BCUT2D eigenvalue weighted by Crippen LogP contribution is -2.24. The highest BCUT2D eigenvalue weighted by molar-refractivity contribution is 6.35. The van der Waals surface area contributed by atoms with Gasteiger partial charge in [-0.15, -0.1) is 6.58 Å². The fraction of sp³-hybridized carbons (Fsp3) is 0.231. The van der Waals surface area contributed by atoms with Crippen LogP contribution in [0.25, 0.3) is 10.9 Å². The lowest BCUT2D eigenvalue weighted by Gasteiger charge is -2.04. The lowest BCUT2D eigenvalue weighted by atomic mass is 10.2. The fourth-order valence-electron chi connectivity index (χ4n) is 1.73. The summed E-state index contributed by atoms with van der Waals surface area (Å²) in [6, 6.07) is 5.64. The Labute approximate surface area is 110 Å². The monoisotopic (exact) mass is 263 g/mol. The molecule has 0 atom stereocenters. The normalized spacial score (nSPS) is 10.5. The molecule has 0 aliphatic carbocycles. The molecule has 4 nitrogen and oxygen atoms in total. The molecule has 0 aliphatic heterocycles. The fourth-order valence-corrected chi connectivity index (χ4v) is 1.95. The first-order valence-corrected chi connectivity index (χ1v) is 6.08. The predicted octanol–water partition coefficient (Wildman–Crippen LogP) is 2.38. The number of halogens is 1. The van der Waals surface area contributed by atoms with E-state index >= 15 is 0 Å². The molecule has 0 radical (unpaired) electrons. The number of carbonyl (C=O) groups excluding carboxylic acids is 1. The van der Waals surface area contributed by atoms with Crippen molar-refractivity contribution < 1.29 is 4.79 Å². The first-order chi connectivity index (χ1) is 8.72. The van der Waals surface area contributed by atoms with Gasteiger partial charge in [-0.25, -0.2) is 0 Å². The Bertz CT molecular complexity index is 577. The zero-order valence-corrected chi connectivity index (χ0v) is 10.7. The van der Waals surface area contributed by atoms with Crippen LogP contribution in [0.5, 0.6) is 0 Å². The molecule has 94 valence electrons. The van der Waals surface area contributed by atoms with E-state index in [0.717, 1.165) is 10.9 Å². The molecule has 0 bridgehead atoms. The van der Waals surface area contributed by atoms with E-state index in [0.29, 0.717) is 24.5 Å². The van der Waals surface area contributed by atoms with Gasteiger partial charge < -0.3 is 5.32 Å². The molecular formula is C13H14ClN3O. The van der Waals surface area contributed by atoms with Crippen LogP contribution in [0.2, 0.25) is 5.02 Å². The number of carbonyl (C=O) groups is 1. The van der Waals surface area contributed by atoms with E-state index in [1.54, 1.807) is 17.0 Å². The lowest BCUT2D eigenvalue weighted by molar-refractivity contribution is -0.121. The highest BCUT2D eigenvalue weighted by Gasteiger charge is 2.07. The molecule has 0 spiro atoms. The molecule has 1 aromatic heterocycles. The van der Waals surface area contributed by atoms with Crippen molar-refractivity contribution in [1.29, 1.82) is 0 Å². The quantitative estimate of drug-likeness (QED) is 0.842. The number of rotatable bonds is 5. The third kappa shape index (κ3) is 2.71. The minimum absolute atomic E-state index is 0.0134. The van der Waals surface area contributed by atoms with Gasteiger partial charge in [0, 0.05) is 18.4 Å². The SMILES string of the molecule is C=CCNC(=O)CCn1ncc2c(Cl)cccc21. The third-order valence-electron chi connectivity index (χ3n) is 2.63. The number of benzene rings is 1. The second-order valence-corrected chi connectivity index (χ2v) is 4.29. The average molecular weight is 264 g/mol. The molecule has 1 heterocycles. The molecule has 0 saturated carbocycles. The summed E-state index contributed by atoms with van der Waals surface area (Å²) in [5.74, 6) is -0.0134. The second-order valence-electron chi connectivity index (χ2n) is 3.88. The third-order valence-corrected chi connectivity index (χ3v) is 2.96. The summed E-state index contributed by atoms with van der Waals surface area (Å²) in [6.45, 7) is 4.57.